The summed E-state index contributed by atoms with van der Waals surface area (Å²) in [5, 5.41) is 0. The van der Waals surface area contributed by atoms with Gasteiger partial charge in [-0.15, -0.1) is 25.0 Å². The second kappa shape index (κ2) is 7.89. The molecule has 0 saturated carbocycles. The zero-order valence-electron chi connectivity index (χ0n) is 9.11. The summed E-state index contributed by atoms with van der Waals surface area (Å²) in [6.07, 6.45) is 0. The van der Waals surface area contributed by atoms with Crippen LogP contribution in [0.3, 0.4) is 0 Å². The zero-order valence-corrected chi connectivity index (χ0v) is 10.8. The standard InChI is InChI=1S/C6H4F3N.C6H6S.ClH/c7-3-1-4(8)6(9)5(10)2-3;7-6-4-2-1-3-5-6;/h1-2H,10H2;1-5,7H;1H. The Hall–Kier alpha value is -1.33. The monoisotopic (exact) mass is 293 g/mol. The lowest BCUT2D eigenvalue weighted by Gasteiger charge is -1.96. The summed E-state index contributed by atoms with van der Waals surface area (Å²) in [4.78, 5) is 1.02. The van der Waals surface area contributed by atoms with E-state index in [-0.39, 0.29) is 12.4 Å². The summed E-state index contributed by atoms with van der Waals surface area (Å²) >= 11 is 4.08. The van der Waals surface area contributed by atoms with Gasteiger partial charge in [-0.1, -0.05) is 18.2 Å². The third-order valence-corrected chi connectivity index (χ3v) is 2.08. The molecule has 0 atom stereocenters. The van der Waals surface area contributed by atoms with Gasteiger partial charge in [0.2, 0.25) is 0 Å². The Morgan fingerprint density at radius 1 is 0.944 bits per heavy atom. The van der Waals surface area contributed by atoms with Crippen molar-refractivity contribution in [2.24, 2.45) is 0 Å². The molecule has 0 aliphatic rings. The summed E-state index contributed by atoms with van der Waals surface area (Å²) in [6.45, 7) is 0. The number of halogens is 4. The van der Waals surface area contributed by atoms with Crippen molar-refractivity contribution in [3.63, 3.8) is 0 Å². The van der Waals surface area contributed by atoms with Crippen molar-refractivity contribution in [3.8, 4) is 0 Å². The van der Waals surface area contributed by atoms with Crippen molar-refractivity contribution in [2.45, 2.75) is 4.90 Å². The molecule has 0 aromatic heterocycles. The van der Waals surface area contributed by atoms with Crippen LogP contribution >= 0.6 is 25.0 Å². The molecule has 2 aromatic rings. The van der Waals surface area contributed by atoms with Crippen LogP contribution in [0, 0.1) is 17.5 Å². The largest absolute Gasteiger partial charge is 0.396 e. The molecule has 0 saturated heterocycles. The van der Waals surface area contributed by atoms with Crippen molar-refractivity contribution in [2.75, 3.05) is 5.73 Å². The first-order chi connectivity index (χ1) is 8.00. The summed E-state index contributed by atoms with van der Waals surface area (Å²) in [5.41, 5.74) is 4.35. The number of nitrogen functional groups attached to an aromatic ring is 1. The highest BCUT2D eigenvalue weighted by Crippen LogP contribution is 2.14. The fraction of sp³-hybridized carbons (Fsp3) is 0. The molecule has 2 N–H and O–H groups in total. The highest BCUT2D eigenvalue weighted by molar-refractivity contribution is 7.80. The fourth-order valence-electron chi connectivity index (χ4n) is 1.00. The summed E-state index contributed by atoms with van der Waals surface area (Å²) in [5.74, 6) is -3.35. The van der Waals surface area contributed by atoms with E-state index in [9.17, 15) is 13.2 Å². The number of hydrogen-bond donors (Lipinski definition) is 2. The topological polar surface area (TPSA) is 26.0 Å². The minimum Gasteiger partial charge on any atom is -0.396 e. The van der Waals surface area contributed by atoms with Crippen molar-refractivity contribution in [1.82, 2.24) is 0 Å². The molecule has 0 bridgehead atoms. The number of anilines is 1. The van der Waals surface area contributed by atoms with Crippen LogP contribution in [0.15, 0.2) is 47.4 Å². The molecule has 98 valence electrons. The Morgan fingerprint density at radius 2 is 1.50 bits per heavy atom. The quantitative estimate of drug-likeness (QED) is 0.427. The van der Waals surface area contributed by atoms with E-state index in [1.54, 1.807) is 0 Å². The Morgan fingerprint density at radius 3 is 1.89 bits per heavy atom. The molecule has 0 aliphatic carbocycles. The van der Waals surface area contributed by atoms with E-state index >= 15 is 0 Å². The lowest BCUT2D eigenvalue weighted by molar-refractivity contribution is 0.498. The van der Waals surface area contributed by atoms with Gasteiger partial charge in [-0.05, 0) is 18.2 Å². The smallest absolute Gasteiger partial charge is 0.181 e. The van der Waals surface area contributed by atoms with E-state index < -0.39 is 23.1 Å². The van der Waals surface area contributed by atoms with Gasteiger partial charge in [0.25, 0.3) is 0 Å². The van der Waals surface area contributed by atoms with Crippen LogP contribution in [0.1, 0.15) is 0 Å². The van der Waals surface area contributed by atoms with E-state index in [4.69, 9.17) is 5.73 Å². The van der Waals surface area contributed by atoms with Gasteiger partial charge < -0.3 is 5.73 Å². The van der Waals surface area contributed by atoms with Gasteiger partial charge in [-0.25, -0.2) is 13.2 Å². The molecule has 0 fully saturated rings. The minimum atomic E-state index is -1.27. The van der Waals surface area contributed by atoms with Crippen molar-refractivity contribution in [3.05, 3.63) is 59.9 Å². The van der Waals surface area contributed by atoms with Crippen LogP contribution in [0.25, 0.3) is 0 Å². The Balaban J connectivity index is 0.000000321. The Labute approximate surface area is 115 Å². The summed E-state index contributed by atoms with van der Waals surface area (Å²) in [6, 6.07) is 10.9. The van der Waals surface area contributed by atoms with Crippen molar-refractivity contribution >= 4 is 30.7 Å². The molecule has 2 rings (SSSR count). The molecule has 0 unspecified atom stereocenters. The molecular weight excluding hydrogens is 283 g/mol. The van der Waals surface area contributed by atoms with Crippen LogP contribution < -0.4 is 5.73 Å². The molecule has 2 aromatic carbocycles. The van der Waals surface area contributed by atoms with E-state index in [1.165, 1.54) is 0 Å². The molecule has 0 heterocycles. The molecule has 6 heteroatoms. The molecular formula is C12H11ClF3NS. The lowest BCUT2D eigenvalue weighted by atomic mass is 10.3. The van der Waals surface area contributed by atoms with E-state index in [0.29, 0.717) is 6.07 Å². The second-order valence-electron chi connectivity index (χ2n) is 3.13. The van der Waals surface area contributed by atoms with Gasteiger partial charge in [-0.2, -0.15) is 0 Å². The van der Waals surface area contributed by atoms with Crippen LogP contribution in [-0.2, 0) is 0 Å². The summed E-state index contributed by atoms with van der Waals surface area (Å²) < 4.78 is 36.5. The molecule has 0 radical (unpaired) electrons. The SMILES string of the molecule is Cl.Nc1cc(F)cc(F)c1F.Sc1ccccc1. The average molecular weight is 294 g/mol. The van der Waals surface area contributed by atoms with Crippen molar-refractivity contribution in [1.29, 1.82) is 0 Å². The number of rotatable bonds is 0. The highest BCUT2D eigenvalue weighted by Gasteiger charge is 2.06. The van der Waals surface area contributed by atoms with Crippen LogP contribution in [0.4, 0.5) is 18.9 Å². The average Bonchev–Trinajstić information content (AvgIpc) is 2.27. The van der Waals surface area contributed by atoms with Crippen LogP contribution in [-0.4, -0.2) is 0 Å². The van der Waals surface area contributed by atoms with E-state index in [1.807, 2.05) is 30.3 Å². The number of hydrogen-bond acceptors (Lipinski definition) is 2. The fourth-order valence-corrected chi connectivity index (χ4v) is 1.18. The first kappa shape index (κ1) is 16.7. The predicted octanol–water partition coefficient (Wildman–Crippen LogP) is 4.08. The first-order valence-corrected chi connectivity index (χ1v) is 5.09. The third kappa shape index (κ3) is 5.33. The maximum Gasteiger partial charge on any atom is 0.181 e. The minimum absolute atomic E-state index is 0. The first-order valence-electron chi connectivity index (χ1n) is 4.64. The van der Waals surface area contributed by atoms with Gasteiger partial charge in [0, 0.05) is 11.0 Å². The maximum absolute atomic E-state index is 12.2. The number of nitrogens with two attached hydrogens (primary N) is 1. The molecule has 0 spiro atoms. The third-order valence-electron chi connectivity index (χ3n) is 1.78. The highest BCUT2D eigenvalue weighted by atomic mass is 35.5. The predicted molar refractivity (Wildman–Crippen MR) is 71.7 cm³/mol. The lowest BCUT2D eigenvalue weighted by Crippen LogP contribution is -1.95. The van der Waals surface area contributed by atoms with Crippen LogP contribution in [0.2, 0.25) is 0 Å². The van der Waals surface area contributed by atoms with Gasteiger partial charge >= 0.3 is 0 Å². The molecule has 0 amide bonds. The van der Waals surface area contributed by atoms with Gasteiger partial charge in [0.05, 0.1) is 5.69 Å². The second-order valence-corrected chi connectivity index (χ2v) is 3.64. The Bertz CT molecular complexity index is 471. The molecule has 0 aliphatic heterocycles. The van der Waals surface area contributed by atoms with Crippen LogP contribution in [0.5, 0.6) is 0 Å². The van der Waals surface area contributed by atoms with Gasteiger partial charge in [0.15, 0.2) is 11.6 Å². The Kier molecular flexibility index (Phi) is 7.31. The molecule has 18 heavy (non-hydrogen) atoms. The number of thiol groups is 1. The maximum atomic E-state index is 12.2. The van der Waals surface area contributed by atoms with E-state index in [2.05, 4.69) is 12.6 Å². The number of benzene rings is 2. The van der Waals surface area contributed by atoms with Gasteiger partial charge in [0.1, 0.15) is 5.82 Å². The molecule has 1 nitrogen and oxygen atoms in total. The van der Waals surface area contributed by atoms with Gasteiger partial charge in [-0.3, -0.25) is 0 Å². The zero-order chi connectivity index (χ0) is 12.8. The normalized spacial score (nSPS) is 8.89. The van der Waals surface area contributed by atoms with Crippen molar-refractivity contribution < 1.29 is 13.2 Å². The van der Waals surface area contributed by atoms with E-state index in [0.717, 1.165) is 11.0 Å². The summed E-state index contributed by atoms with van der Waals surface area (Å²) in [7, 11) is 0.